The number of nitrogens with zero attached hydrogens (tertiary/aromatic N) is 1. The van der Waals surface area contributed by atoms with Crippen LogP contribution in [0.25, 0.3) is 0 Å². The Balaban J connectivity index is 1.89. The molecule has 0 unspecified atom stereocenters. The monoisotopic (exact) mass is 454 g/mol. The zero-order valence-corrected chi connectivity index (χ0v) is 19.9. The fraction of sp³-hybridized carbons (Fsp3) is 0.462. The Hall–Kier alpha value is -3.22. The average Bonchev–Trinajstić information content (AvgIpc) is 3.29. The van der Waals surface area contributed by atoms with Gasteiger partial charge in [-0.05, 0) is 29.7 Å². The van der Waals surface area contributed by atoms with Gasteiger partial charge in [0.1, 0.15) is 0 Å². The van der Waals surface area contributed by atoms with Crippen LogP contribution in [0.15, 0.2) is 42.5 Å². The summed E-state index contributed by atoms with van der Waals surface area (Å²) in [4.78, 5) is 28.0. The number of rotatable bonds is 10. The zero-order valence-electron chi connectivity index (χ0n) is 19.9. The molecule has 1 aliphatic rings. The summed E-state index contributed by atoms with van der Waals surface area (Å²) < 4.78 is 16.5. The minimum absolute atomic E-state index is 0.0162. The van der Waals surface area contributed by atoms with Crippen LogP contribution >= 0.6 is 0 Å². The Labute approximate surface area is 196 Å². The lowest BCUT2D eigenvalue weighted by molar-refractivity contribution is -0.130. The summed E-state index contributed by atoms with van der Waals surface area (Å²) in [5, 5.41) is 3.05. The van der Waals surface area contributed by atoms with E-state index in [1.54, 1.807) is 26.2 Å². The molecule has 0 aliphatic carbocycles. The van der Waals surface area contributed by atoms with E-state index in [1.807, 2.05) is 42.5 Å². The molecular weight excluding hydrogens is 420 g/mol. The molecule has 178 valence electrons. The van der Waals surface area contributed by atoms with Gasteiger partial charge in [0.15, 0.2) is 11.5 Å². The molecule has 1 fully saturated rings. The van der Waals surface area contributed by atoms with Crippen molar-refractivity contribution >= 4 is 11.8 Å². The highest BCUT2D eigenvalue weighted by Crippen LogP contribution is 2.43. The predicted octanol–water partition coefficient (Wildman–Crippen LogP) is 3.41. The quantitative estimate of drug-likeness (QED) is 0.557. The fourth-order valence-corrected chi connectivity index (χ4v) is 4.33. The van der Waals surface area contributed by atoms with Crippen molar-refractivity contribution in [2.24, 2.45) is 5.92 Å². The smallest absolute Gasteiger partial charge is 0.227 e. The molecule has 1 aliphatic heterocycles. The SMILES string of the molecule is CCCCNC(=O)[C@H]1CN(C(=O)Cc2ccccc2)C[C@@H]1c1cc(OC)c(OC)c(OC)c1. The maximum Gasteiger partial charge on any atom is 0.227 e. The fourth-order valence-electron chi connectivity index (χ4n) is 4.33. The maximum absolute atomic E-state index is 13.1. The number of unbranched alkanes of at least 4 members (excludes halogenated alkanes) is 1. The molecule has 0 radical (unpaired) electrons. The number of carbonyl (C=O) groups excluding carboxylic acids is 2. The van der Waals surface area contributed by atoms with Crippen molar-refractivity contribution in [2.75, 3.05) is 41.0 Å². The molecule has 7 heteroatoms. The average molecular weight is 455 g/mol. The summed E-state index contributed by atoms with van der Waals surface area (Å²) in [5.41, 5.74) is 1.85. The Morgan fingerprint density at radius 1 is 1.00 bits per heavy atom. The third-order valence-electron chi connectivity index (χ3n) is 6.15. The molecule has 1 heterocycles. The van der Waals surface area contributed by atoms with Crippen molar-refractivity contribution in [1.29, 1.82) is 0 Å². The van der Waals surface area contributed by atoms with Crippen LogP contribution in [0.5, 0.6) is 17.2 Å². The van der Waals surface area contributed by atoms with Crippen molar-refractivity contribution in [3.05, 3.63) is 53.6 Å². The molecule has 33 heavy (non-hydrogen) atoms. The van der Waals surface area contributed by atoms with Crippen molar-refractivity contribution in [3.63, 3.8) is 0 Å². The lowest BCUT2D eigenvalue weighted by atomic mass is 9.88. The van der Waals surface area contributed by atoms with E-state index in [0.29, 0.717) is 43.3 Å². The number of carbonyl (C=O) groups is 2. The molecule has 0 aromatic heterocycles. The van der Waals surface area contributed by atoms with Crippen molar-refractivity contribution in [2.45, 2.75) is 32.1 Å². The molecule has 7 nitrogen and oxygen atoms in total. The van der Waals surface area contributed by atoms with Crippen LogP contribution in [0, 0.1) is 5.92 Å². The van der Waals surface area contributed by atoms with Gasteiger partial charge in [0.2, 0.25) is 17.6 Å². The summed E-state index contributed by atoms with van der Waals surface area (Å²) in [6, 6.07) is 13.4. The van der Waals surface area contributed by atoms with E-state index >= 15 is 0 Å². The summed E-state index contributed by atoms with van der Waals surface area (Å²) in [6.45, 7) is 3.55. The van der Waals surface area contributed by atoms with Gasteiger partial charge in [-0.25, -0.2) is 0 Å². The second-order valence-corrected chi connectivity index (χ2v) is 8.28. The minimum atomic E-state index is -0.357. The van der Waals surface area contributed by atoms with Gasteiger partial charge in [-0.2, -0.15) is 0 Å². The van der Waals surface area contributed by atoms with E-state index < -0.39 is 0 Å². The van der Waals surface area contributed by atoms with Crippen LogP contribution in [0.4, 0.5) is 0 Å². The number of hydrogen-bond acceptors (Lipinski definition) is 5. The summed E-state index contributed by atoms with van der Waals surface area (Å²) in [7, 11) is 4.70. The van der Waals surface area contributed by atoms with E-state index in [0.717, 1.165) is 24.0 Å². The maximum atomic E-state index is 13.1. The lowest BCUT2D eigenvalue weighted by Gasteiger charge is -2.21. The normalized spacial score (nSPS) is 17.5. The molecule has 2 atom stereocenters. The van der Waals surface area contributed by atoms with E-state index in [2.05, 4.69) is 12.2 Å². The highest BCUT2D eigenvalue weighted by Gasteiger charge is 2.41. The Kier molecular flexibility index (Phi) is 8.58. The minimum Gasteiger partial charge on any atom is -0.493 e. The van der Waals surface area contributed by atoms with Crippen LogP contribution in [-0.2, 0) is 16.0 Å². The molecule has 2 aromatic carbocycles. The van der Waals surface area contributed by atoms with E-state index in [-0.39, 0.29) is 23.7 Å². The first-order valence-corrected chi connectivity index (χ1v) is 11.4. The van der Waals surface area contributed by atoms with Gasteiger partial charge < -0.3 is 24.4 Å². The zero-order chi connectivity index (χ0) is 23.8. The largest absolute Gasteiger partial charge is 0.493 e. The van der Waals surface area contributed by atoms with Crippen LogP contribution in [0.1, 0.15) is 36.8 Å². The standard InChI is InChI=1S/C26H34N2O5/c1-5-6-12-27-26(30)21-17-28(24(29)13-18-10-8-7-9-11-18)16-20(21)19-14-22(31-2)25(33-4)23(15-19)32-3/h7-11,14-15,20-21H,5-6,12-13,16-17H2,1-4H3,(H,27,30)/t20-,21+/m1/s1. The summed E-state index contributed by atoms with van der Waals surface area (Å²) in [6.07, 6.45) is 2.24. The third kappa shape index (κ3) is 5.78. The van der Waals surface area contributed by atoms with Crippen LogP contribution in [-0.4, -0.2) is 57.7 Å². The first-order valence-electron chi connectivity index (χ1n) is 11.4. The Morgan fingerprint density at radius 2 is 1.67 bits per heavy atom. The second-order valence-electron chi connectivity index (χ2n) is 8.28. The Morgan fingerprint density at radius 3 is 2.24 bits per heavy atom. The van der Waals surface area contributed by atoms with E-state index in [1.165, 1.54) is 0 Å². The molecule has 0 spiro atoms. The highest BCUT2D eigenvalue weighted by atomic mass is 16.5. The summed E-state index contributed by atoms with van der Waals surface area (Å²) in [5.74, 6) is 1.02. The van der Waals surface area contributed by atoms with E-state index in [4.69, 9.17) is 14.2 Å². The topological polar surface area (TPSA) is 77.1 Å². The molecule has 1 saturated heterocycles. The highest BCUT2D eigenvalue weighted by molar-refractivity contribution is 5.84. The molecule has 2 amide bonds. The van der Waals surface area contributed by atoms with Crippen LogP contribution in [0.2, 0.25) is 0 Å². The van der Waals surface area contributed by atoms with Gasteiger partial charge in [-0.3, -0.25) is 9.59 Å². The number of methoxy groups -OCH3 is 3. The lowest BCUT2D eigenvalue weighted by Crippen LogP contribution is -2.36. The van der Waals surface area contributed by atoms with Gasteiger partial charge in [0, 0.05) is 25.6 Å². The summed E-state index contributed by atoms with van der Waals surface area (Å²) >= 11 is 0. The van der Waals surface area contributed by atoms with Gasteiger partial charge in [-0.15, -0.1) is 0 Å². The first-order chi connectivity index (χ1) is 16.0. The first kappa shape index (κ1) is 24.4. The molecular formula is C26H34N2O5. The molecule has 0 bridgehead atoms. The number of benzene rings is 2. The van der Waals surface area contributed by atoms with Crippen molar-refractivity contribution in [3.8, 4) is 17.2 Å². The molecule has 0 saturated carbocycles. The van der Waals surface area contributed by atoms with Crippen molar-refractivity contribution in [1.82, 2.24) is 10.2 Å². The van der Waals surface area contributed by atoms with Gasteiger partial charge in [0.25, 0.3) is 0 Å². The second kappa shape index (κ2) is 11.6. The van der Waals surface area contributed by atoms with E-state index in [9.17, 15) is 9.59 Å². The van der Waals surface area contributed by atoms with Gasteiger partial charge in [-0.1, -0.05) is 43.7 Å². The third-order valence-corrected chi connectivity index (χ3v) is 6.15. The molecule has 3 rings (SSSR count). The molecule has 1 N–H and O–H groups in total. The Bertz CT molecular complexity index is 922. The number of nitrogens with one attached hydrogen (secondary N) is 1. The number of amides is 2. The van der Waals surface area contributed by atoms with Gasteiger partial charge >= 0.3 is 0 Å². The van der Waals surface area contributed by atoms with Crippen LogP contribution < -0.4 is 19.5 Å². The van der Waals surface area contributed by atoms with Crippen LogP contribution in [0.3, 0.4) is 0 Å². The number of likely N-dealkylation sites (tertiary alicyclic amines) is 1. The van der Waals surface area contributed by atoms with Crippen molar-refractivity contribution < 1.29 is 23.8 Å². The predicted molar refractivity (Wildman–Crippen MR) is 127 cm³/mol. The number of ether oxygens (including phenoxy) is 3. The molecule has 2 aromatic rings. The number of hydrogen-bond donors (Lipinski definition) is 1. The van der Waals surface area contributed by atoms with Gasteiger partial charge in [0.05, 0.1) is 33.7 Å².